The van der Waals surface area contributed by atoms with Gasteiger partial charge in [-0.15, -0.1) is 0 Å². The predicted octanol–water partition coefficient (Wildman–Crippen LogP) is 1.20. The number of hydrogen-bond donors (Lipinski definition) is 1. The number of carboxylic acid groups (broad SMARTS) is 1. The number of rotatable bonds is 1. The van der Waals surface area contributed by atoms with Crippen molar-refractivity contribution in [2.24, 2.45) is 0 Å². The first kappa shape index (κ1) is 8.71. The van der Waals surface area contributed by atoms with Gasteiger partial charge < -0.3 is 10.0 Å². The van der Waals surface area contributed by atoms with Crippen LogP contribution in [0.15, 0.2) is 12.1 Å². The monoisotopic (exact) mass is 207 g/mol. The molecule has 2 aliphatic rings. The third-order valence-corrected chi connectivity index (χ3v) is 3.28. The summed E-state index contributed by atoms with van der Waals surface area (Å²) in [6.45, 7) is 0.697. The summed E-state index contributed by atoms with van der Waals surface area (Å²) in [6.07, 6.45) is 1.12. The van der Waals surface area contributed by atoms with Gasteiger partial charge in [-0.25, -0.2) is 9.18 Å². The molecule has 0 spiro atoms. The molecule has 1 aromatic carbocycles. The predicted molar refractivity (Wildman–Crippen MR) is 52.6 cm³/mol. The van der Waals surface area contributed by atoms with Gasteiger partial charge in [0.1, 0.15) is 11.9 Å². The molecule has 1 aromatic rings. The lowest BCUT2D eigenvalue weighted by Crippen LogP contribution is -2.37. The van der Waals surface area contributed by atoms with Gasteiger partial charge in [0.2, 0.25) is 0 Å². The number of anilines is 1. The van der Waals surface area contributed by atoms with Crippen LogP contribution in [0.3, 0.4) is 0 Å². The highest BCUT2D eigenvalue weighted by Crippen LogP contribution is 2.41. The zero-order valence-electron chi connectivity index (χ0n) is 8.03. The lowest BCUT2D eigenvalue weighted by atomic mass is 10.0. The molecule has 0 aromatic heterocycles. The maximum atomic E-state index is 13.5. The molecule has 0 fully saturated rings. The van der Waals surface area contributed by atoms with E-state index in [1.54, 1.807) is 6.07 Å². The molecule has 2 heterocycles. The lowest BCUT2D eigenvalue weighted by molar-refractivity contribution is -0.138. The average molecular weight is 207 g/mol. The van der Waals surface area contributed by atoms with Crippen molar-refractivity contribution in [1.82, 2.24) is 0 Å². The molecule has 1 atom stereocenters. The number of halogens is 1. The van der Waals surface area contributed by atoms with Crippen LogP contribution >= 0.6 is 0 Å². The first-order valence-corrected chi connectivity index (χ1v) is 4.98. The number of benzene rings is 1. The number of aliphatic carboxylic acids is 1. The van der Waals surface area contributed by atoms with Gasteiger partial charge in [0.05, 0.1) is 0 Å². The zero-order chi connectivity index (χ0) is 10.6. The van der Waals surface area contributed by atoms with Crippen LogP contribution in [0.2, 0.25) is 0 Å². The highest BCUT2D eigenvalue weighted by Gasteiger charge is 2.40. The van der Waals surface area contributed by atoms with E-state index in [9.17, 15) is 9.18 Å². The average Bonchev–Trinajstić information content (AvgIpc) is 2.74. The topological polar surface area (TPSA) is 40.5 Å². The molecule has 1 unspecified atom stereocenters. The standard InChI is InChI=1S/C11H10FNO2/c12-8-2-1-6-3-4-13-9(11(14)15)5-7(8)10(6)13/h1-2,9H,3-5H2,(H,14,15). The van der Waals surface area contributed by atoms with Crippen molar-refractivity contribution in [3.05, 3.63) is 29.1 Å². The van der Waals surface area contributed by atoms with Crippen molar-refractivity contribution >= 4 is 11.7 Å². The van der Waals surface area contributed by atoms with Crippen molar-refractivity contribution in [2.45, 2.75) is 18.9 Å². The van der Waals surface area contributed by atoms with Crippen LogP contribution in [0, 0.1) is 5.82 Å². The van der Waals surface area contributed by atoms with E-state index in [1.165, 1.54) is 6.07 Å². The number of carbonyl (C=O) groups is 1. The van der Waals surface area contributed by atoms with Gasteiger partial charge in [-0.1, -0.05) is 6.07 Å². The summed E-state index contributed by atoms with van der Waals surface area (Å²) < 4.78 is 13.5. The molecular weight excluding hydrogens is 197 g/mol. The number of nitrogens with zero attached hydrogens (tertiary/aromatic N) is 1. The Morgan fingerprint density at radius 1 is 1.53 bits per heavy atom. The second-order valence-electron chi connectivity index (χ2n) is 4.04. The van der Waals surface area contributed by atoms with Crippen LogP contribution in [0.5, 0.6) is 0 Å². The molecule has 15 heavy (non-hydrogen) atoms. The molecule has 0 radical (unpaired) electrons. The van der Waals surface area contributed by atoms with Gasteiger partial charge >= 0.3 is 5.97 Å². The van der Waals surface area contributed by atoms with Gasteiger partial charge in [-0.2, -0.15) is 0 Å². The third-order valence-electron chi connectivity index (χ3n) is 3.28. The molecule has 4 heteroatoms. The molecule has 78 valence electrons. The smallest absolute Gasteiger partial charge is 0.326 e. The zero-order valence-corrected chi connectivity index (χ0v) is 8.03. The Morgan fingerprint density at radius 3 is 3.07 bits per heavy atom. The Labute approximate surface area is 86.1 Å². The van der Waals surface area contributed by atoms with Gasteiger partial charge in [-0.05, 0) is 18.1 Å². The van der Waals surface area contributed by atoms with E-state index < -0.39 is 12.0 Å². The molecule has 3 nitrogen and oxygen atoms in total. The van der Waals surface area contributed by atoms with E-state index in [2.05, 4.69) is 0 Å². The van der Waals surface area contributed by atoms with E-state index >= 15 is 0 Å². The molecule has 0 amide bonds. The lowest BCUT2D eigenvalue weighted by Gasteiger charge is -2.18. The SMILES string of the molecule is O=C(O)C1Cc2c(F)ccc3c2N1CC3. The van der Waals surface area contributed by atoms with Gasteiger partial charge in [0.25, 0.3) is 0 Å². The van der Waals surface area contributed by atoms with Crippen molar-refractivity contribution in [3.8, 4) is 0 Å². The first-order chi connectivity index (χ1) is 7.18. The molecule has 2 aliphatic heterocycles. The molecule has 0 saturated heterocycles. The summed E-state index contributed by atoms with van der Waals surface area (Å²) >= 11 is 0. The van der Waals surface area contributed by atoms with E-state index in [0.29, 0.717) is 18.5 Å². The van der Waals surface area contributed by atoms with Crippen LogP contribution in [-0.2, 0) is 17.6 Å². The fraction of sp³-hybridized carbons (Fsp3) is 0.364. The van der Waals surface area contributed by atoms with Crippen molar-refractivity contribution in [1.29, 1.82) is 0 Å². The quantitative estimate of drug-likeness (QED) is 0.752. The first-order valence-electron chi connectivity index (χ1n) is 4.98. The van der Waals surface area contributed by atoms with Gasteiger partial charge in [0.15, 0.2) is 0 Å². The van der Waals surface area contributed by atoms with E-state index in [-0.39, 0.29) is 5.82 Å². The van der Waals surface area contributed by atoms with E-state index in [0.717, 1.165) is 17.7 Å². The Kier molecular flexibility index (Phi) is 1.58. The van der Waals surface area contributed by atoms with Gasteiger partial charge in [0, 0.05) is 24.2 Å². The second-order valence-corrected chi connectivity index (χ2v) is 4.04. The van der Waals surface area contributed by atoms with Crippen molar-refractivity contribution < 1.29 is 14.3 Å². The summed E-state index contributed by atoms with van der Waals surface area (Å²) in [7, 11) is 0. The minimum atomic E-state index is -0.863. The molecule has 1 N–H and O–H groups in total. The maximum absolute atomic E-state index is 13.5. The van der Waals surface area contributed by atoms with Crippen molar-refractivity contribution in [2.75, 3.05) is 11.4 Å². The van der Waals surface area contributed by atoms with Gasteiger partial charge in [-0.3, -0.25) is 0 Å². The van der Waals surface area contributed by atoms with Crippen LogP contribution in [0.1, 0.15) is 11.1 Å². The maximum Gasteiger partial charge on any atom is 0.326 e. The second kappa shape index (κ2) is 2.72. The van der Waals surface area contributed by atoms with Crippen molar-refractivity contribution in [3.63, 3.8) is 0 Å². The Hall–Kier alpha value is -1.58. The summed E-state index contributed by atoms with van der Waals surface area (Å²) in [4.78, 5) is 12.8. The fourth-order valence-corrected chi connectivity index (χ4v) is 2.60. The molecule has 0 saturated carbocycles. The summed E-state index contributed by atoms with van der Waals surface area (Å²) in [5, 5.41) is 9.04. The molecule has 0 aliphatic carbocycles. The molecular formula is C11H10FNO2. The highest BCUT2D eigenvalue weighted by molar-refractivity contribution is 5.84. The summed E-state index contributed by atoms with van der Waals surface area (Å²) in [5.74, 6) is -1.14. The Balaban J connectivity index is 2.17. The largest absolute Gasteiger partial charge is 0.480 e. The summed E-state index contributed by atoms with van der Waals surface area (Å²) in [5.41, 5.74) is 2.50. The molecule has 3 rings (SSSR count). The van der Waals surface area contributed by atoms with Crippen LogP contribution < -0.4 is 4.90 Å². The van der Waals surface area contributed by atoms with E-state index in [1.807, 2.05) is 4.90 Å². The summed E-state index contributed by atoms with van der Waals surface area (Å²) in [6, 6.07) is 2.64. The van der Waals surface area contributed by atoms with Crippen LogP contribution in [0.25, 0.3) is 0 Å². The van der Waals surface area contributed by atoms with E-state index in [4.69, 9.17) is 5.11 Å². The number of hydrogen-bond acceptors (Lipinski definition) is 2. The van der Waals surface area contributed by atoms with Crippen LogP contribution in [-0.4, -0.2) is 23.7 Å². The van der Waals surface area contributed by atoms with Crippen LogP contribution in [0.4, 0.5) is 10.1 Å². The number of carboxylic acids is 1. The minimum Gasteiger partial charge on any atom is -0.480 e. The minimum absolute atomic E-state index is 0.274. The Morgan fingerprint density at radius 2 is 2.33 bits per heavy atom. The third kappa shape index (κ3) is 1.02. The Bertz CT molecular complexity index is 458. The normalized spacial score (nSPS) is 21.9. The molecule has 0 bridgehead atoms. The fourth-order valence-electron chi connectivity index (χ4n) is 2.60. The highest BCUT2D eigenvalue weighted by atomic mass is 19.1.